The molecule has 0 spiro atoms. The molecule has 7 heteroatoms. The molecular weight excluding hydrogens is 338 g/mol. The summed E-state index contributed by atoms with van der Waals surface area (Å²) in [5.41, 5.74) is 10.1. The van der Waals surface area contributed by atoms with Gasteiger partial charge in [0.1, 0.15) is 12.4 Å². The van der Waals surface area contributed by atoms with Crippen LogP contribution in [0.5, 0.6) is 5.75 Å². The van der Waals surface area contributed by atoms with Crippen molar-refractivity contribution in [2.24, 2.45) is 5.92 Å². The highest BCUT2D eigenvalue weighted by Gasteiger charge is 2.35. The van der Waals surface area contributed by atoms with Crippen LogP contribution < -0.4 is 10.5 Å². The van der Waals surface area contributed by atoms with E-state index in [0.717, 1.165) is 16.7 Å². The number of carbonyl (C=O) groups excluding carboxylic acids is 1. The average Bonchev–Trinajstić information content (AvgIpc) is 3.23. The first-order valence-corrected chi connectivity index (χ1v) is 8.52. The highest BCUT2D eigenvalue weighted by molar-refractivity contribution is 6.00. The van der Waals surface area contributed by atoms with Crippen LogP contribution in [0.25, 0.3) is 0 Å². The summed E-state index contributed by atoms with van der Waals surface area (Å²) in [5.74, 6) is -1.18. The van der Waals surface area contributed by atoms with Crippen LogP contribution in [0.15, 0.2) is 11.6 Å². The number of benzene rings is 1. The van der Waals surface area contributed by atoms with Crippen molar-refractivity contribution in [2.75, 3.05) is 19.5 Å². The maximum absolute atomic E-state index is 12.0. The third-order valence-electron chi connectivity index (χ3n) is 5.21. The van der Waals surface area contributed by atoms with Gasteiger partial charge in [0, 0.05) is 17.7 Å². The highest BCUT2D eigenvalue weighted by atomic mass is 16.5. The first-order valence-electron chi connectivity index (χ1n) is 8.52. The monoisotopic (exact) mass is 361 g/mol. The Balaban J connectivity index is 1.95. The fourth-order valence-corrected chi connectivity index (χ4v) is 3.76. The summed E-state index contributed by atoms with van der Waals surface area (Å²) in [6, 6.07) is 0. The van der Waals surface area contributed by atoms with Crippen molar-refractivity contribution < 1.29 is 28.9 Å². The normalized spacial score (nSPS) is 22.3. The van der Waals surface area contributed by atoms with Gasteiger partial charge in [-0.05, 0) is 37.8 Å². The van der Waals surface area contributed by atoms with Crippen molar-refractivity contribution in [2.45, 2.75) is 39.4 Å². The Labute approximate surface area is 151 Å². The van der Waals surface area contributed by atoms with Gasteiger partial charge >= 0.3 is 11.9 Å². The van der Waals surface area contributed by atoms with Gasteiger partial charge in [0.05, 0.1) is 30.4 Å². The van der Waals surface area contributed by atoms with Crippen LogP contribution in [0, 0.1) is 12.8 Å². The van der Waals surface area contributed by atoms with Gasteiger partial charge in [0.25, 0.3) is 0 Å². The first kappa shape index (κ1) is 18.3. The SMILES string of the molecule is COc1c(C)c2c(c(N)c1C/C=C(/C)C1OCCC1C(=O)O)C(=O)OC2. The number of ether oxygens (including phenoxy) is 3. The predicted octanol–water partition coefficient (Wildman–Crippen LogP) is 2.23. The second-order valence-corrected chi connectivity index (χ2v) is 6.66. The van der Waals surface area contributed by atoms with E-state index >= 15 is 0 Å². The minimum Gasteiger partial charge on any atom is -0.496 e. The number of carbonyl (C=O) groups is 2. The van der Waals surface area contributed by atoms with Crippen molar-refractivity contribution in [1.29, 1.82) is 0 Å². The van der Waals surface area contributed by atoms with Crippen molar-refractivity contribution in [3.63, 3.8) is 0 Å². The Morgan fingerprint density at radius 3 is 2.85 bits per heavy atom. The van der Waals surface area contributed by atoms with Crippen LogP contribution in [0.2, 0.25) is 0 Å². The van der Waals surface area contributed by atoms with E-state index in [1.807, 2.05) is 19.9 Å². The van der Waals surface area contributed by atoms with E-state index in [9.17, 15) is 14.7 Å². The lowest BCUT2D eigenvalue weighted by Gasteiger charge is -2.18. The molecule has 3 N–H and O–H groups in total. The fraction of sp³-hybridized carbons (Fsp3) is 0.474. The number of nitrogen functional groups attached to an aromatic ring is 1. The van der Waals surface area contributed by atoms with E-state index in [-0.39, 0.29) is 6.61 Å². The van der Waals surface area contributed by atoms with Crippen molar-refractivity contribution >= 4 is 17.6 Å². The standard InChI is InChI=1S/C19H23NO6/c1-9(16-12(18(21)22)6-7-25-16)4-5-11-15(20)14-13(8-26-19(14)23)10(2)17(11)24-3/h4,12,16H,5-8,20H2,1-3H3,(H,21,22)/b9-4-. The molecule has 0 amide bonds. The van der Waals surface area contributed by atoms with Gasteiger partial charge in [-0.1, -0.05) is 6.08 Å². The van der Waals surface area contributed by atoms with Crippen LogP contribution in [-0.2, 0) is 27.3 Å². The second kappa shape index (κ2) is 6.99. The van der Waals surface area contributed by atoms with Gasteiger partial charge in [0.15, 0.2) is 0 Å². The summed E-state index contributed by atoms with van der Waals surface area (Å²) >= 11 is 0. The number of cyclic esters (lactones) is 1. The van der Waals surface area contributed by atoms with E-state index in [0.29, 0.717) is 42.0 Å². The Hall–Kier alpha value is -2.54. The minimum atomic E-state index is -0.853. The number of aliphatic carboxylic acids is 1. The summed E-state index contributed by atoms with van der Waals surface area (Å²) in [4.78, 5) is 23.4. The predicted molar refractivity (Wildman–Crippen MR) is 94.2 cm³/mol. The van der Waals surface area contributed by atoms with Crippen LogP contribution in [0.3, 0.4) is 0 Å². The number of methoxy groups -OCH3 is 1. The topological polar surface area (TPSA) is 108 Å². The molecule has 0 saturated carbocycles. The van der Waals surface area contributed by atoms with Gasteiger partial charge in [-0.2, -0.15) is 0 Å². The molecule has 0 bridgehead atoms. The van der Waals surface area contributed by atoms with Crippen LogP contribution in [0.4, 0.5) is 5.69 Å². The molecule has 3 rings (SSSR count). The highest BCUT2D eigenvalue weighted by Crippen LogP contribution is 2.40. The van der Waals surface area contributed by atoms with Crippen molar-refractivity contribution in [3.05, 3.63) is 33.9 Å². The number of hydrogen-bond donors (Lipinski definition) is 2. The number of esters is 1. The zero-order valence-electron chi connectivity index (χ0n) is 15.1. The number of anilines is 1. The summed E-state index contributed by atoms with van der Waals surface area (Å²) in [5, 5.41) is 9.32. The number of nitrogens with two attached hydrogens (primary N) is 1. The summed E-state index contributed by atoms with van der Waals surface area (Å²) in [7, 11) is 1.56. The smallest absolute Gasteiger partial charge is 0.341 e. The van der Waals surface area contributed by atoms with E-state index in [4.69, 9.17) is 19.9 Å². The molecule has 2 atom stereocenters. The lowest BCUT2D eigenvalue weighted by atomic mass is 9.92. The van der Waals surface area contributed by atoms with Crippen LogP contribution in [-0.4, -0.2) is 36.9 Å². The molecule has 2 unspecified atom stereocenters. The molecule has 7 nitrogen and oxygen atoms in total. The van der Waals surface area contributed by atoms with E-state index < -0.39 is 24.0 Å². The lowest BCUT2D eigenvalue weighted by molar-refractivity contribution is -0.142. The number of rotatable bonds is 5. The van der Waals surface area contributed by atoms with Crippen molar-refractivity contribution in [1.82, 2.24) is 0 Å². The largest absolute Gasteiger partial charge is 0.496 e. The maximum Gasteiger partial charge on any atom is 0.341 e. The molecule has 0 radical (unpaired) electrons. The number of hydrogen-bond acceptors (Lipinski definition) is 6. The van der Waals surface area contributed by atoms with Gasteiger partial charge in [-0.3, -0.25) is 4.79 Å². The number of fused-ring (bicyclic) bond motifs is 1. The van der Waals surface area contributed by atoms with Gasteiger partial charge in [-0.25, -0.2) is 4.79 Å². The quantitative estimate of drug-likeness (QED) is 0.470. The Morgan fingerprint density at radius 1 is 1.46 bits per heavy atom. The first-order chi connectivity index (χ1) is 12.4. The van der Waals surface area contributed by atoms with Crippen LogP contribution >= 0.6 is 0 Å². The lowest BCUT2D eigenvalue weighted by Crippen LogP contribution is -2.25. The maximum atomic E-state index is 12.0. The summed E-state index contributed by atoms with van der Waals surface area (Å²) in [6.45, 7) is 4.36. The number of carboxylic acid groups (broad SMARTS) is 1. The molecule has 140 valence electrons. The zero-order valence-corrected chi connectivity index (χ0v) is 15.1. The Kier molecular flexibility index (Phi) is 4.91. The minimum absolute atomic E-state index is 0.200. The van der Waals surface area contributed by atoms with E-state index in [1.54, 1.807) is 7.11 Å². The van der Waals surface area contributed by atoms with E-state index in [1.165, 1.54) is 0 Å². The Morgan fingerprint density at radius 2 is 2.19 bits per heavy atom. The molecular formula is C19H23NO6. The van der Waals surface area contributed by atoms with Crippen molar-refractivity contribution in [3.8, 4) is 5.75 Å². The molecule has 2 aliphatic heterocycles. The van der Waals surface area contributed by atoms with Gasteiger partial charge in [-0.15, -0.1) is 0 Å². The fourth-order valence-electron chi connectivity index (χ4n) is 3.76. The number of carboxylic acids is 1. The molecule has 2 aliphatic rings. The molecule has 1 saturated heterocycles. The molecule has 0 aromatic heterocycles. The summed E-state index contributed by atoms with van der Waals surface area (Å²) < 4.78 is 16.2. The zero-order chi connectivity index (χ0) is 19.0. The third kappa shape index (κ3) is 2.92. The average molecular weight is 361 g/mol. The molecule has 1 aromatic carbocycles. The molecule has 2 heterocycles. The van der Waals surface area contributed by atoms with Gasteiger partial charge in [0.2, 0.25) is 0 Å². The molecule has 1 aromatic rings. The third-order valence-corrected chi connectivity index (χ3v) is 5.21. The van der Waals surface area contributed by atoms with Crippen LogP contribution in [0.1, 0.15) is 40.4 Å². The molecule has 0 aliphatic carbocycles. The molecule has 26 heavy (non-hydrogen) atoms. The van der Waals surface area contributed by atoms with Gasteiger partial charge < -0.3 is 25.1 Å². The molecule has 1 fully saturated rings. The number of allylic oxidation sites excluding steroid dienone is 1. The summed E-state index contributed by atoms with van der Waals surface area (Å²) in [6.07, 6.45) is 2.36. The second-order valence-electron chi connectivity index (χ2n) is 6.66. The van der Waals surface area contributed by atoms with E-state index in [2.05, 4.69) is 0 Å². The Bertz CT molecular complexity index is 798.